The summed E-state index contributed by atoms with van der Waals surface area (Å²) in [5.74, 6) is 2.28. The van der Waals surface area contributed by atoms with Gasteiger partial charge in [0.05, 0.1) is 6.42 Å². The van der Waals surface area contributed by atoms with Gasteiger partial charge in [0.15, 0.2) is 5.82 Å². The predicted octanol–water partition coefficient (Wildman–Crippen LogP) is 6.42. The minimum atomic E-state index is -4.51. The maximum Gasteiger partial charge on any atom is 0.411 e. The van der Waals surface area contributed by atoms with Gasteiger partial charge in [-0.1, -0.05) is 31.5 Å². The number of halogens is 3. The van der Waals surface area contributed by atoms with E-state index in [9.17, 15) is 18.0 Å². The van der Waals surface area contributed by atoms with Crippen LogP contribution in [0, 0.1) is 25.7 Å². The molecule has 1 N–H and O–H groups in total. The Morgan fingerprint density at radius 2 is 1.91 bits per heavy atom. The summed E-state index contributed by atoms with van der Waals surface area (Å²) in [5.41, 5.74) is 2.57. The number of alkyl halides is 3. The molecule has 0 aliphatic heterocycles. The number of nitrogens with zero attached hydrogens (tertiary/aromatic N) is 3. The van der Waals surface area contributed by atoms with Crippen LogP contribution >= 0.6 is 0 Å². The fraction of sp³-hybridized carbons (Fsp3) is 0.654. The van der Waals surface area contributed by atoms with Crippen molar-refractivity contribution >= 4 is 11.6 Å². The standard InChI is InChI=1S/C26H35F3N4O2/c1-15(2)9-18-11-19(12-18)24-31-32-25(33(24)20-6-7-20)22(35-14-26(27,28)29)13-23(34)30-21-8-5-16(3)10-17(21)4/h5,8,10,15,18-20,22H,6-7,9,11-14H2,1-4H3,(H,30,34)/t18-,19+,22-/m0/s1. The first kappa shape index (κ1) is 25.7. The molecule has 1 aromatic carbocycles. The number of benzene rings is 1. The molecule has 0 saturated heterocycles. The lowest BCUT2D eigenvalue weighted by Gasteiger charge is -2.36. The van der Waals surface area contributed by atoms with Gasteiger partial charge in [0.25, 0.3) is 0 Å². The molecule has 0 radical (unpaired) electrons. The molecule has 1 aromatic heterocycles. The molecule has 35 heavy (non-hydrogen) atoms. The van der Waals surface area contributed by atoms with Gasteiger partial charge in [0.2, 0.25) is 5.91 Å². The van der Waals surface area contributed by atoms with Crippen LogP contribution in [0.25, 0.3) is 0 Å². The lowest BCUT2D eigenvalue weighted by atomic mass is 9.71. The zero-order chi connectivity index (χ0) is 25.3. The van der Waals surface area contributed by atoms with E-state index >= 15 is 0 Å². The predicted molar refractivity (Wildman–Crippen MR) is 127 cm³/mol. The Bertz CT molecular complexity index is 1040. The largest absolute Gasteiger partial charge is 0.411 e. The zero-order valence-corrected chi connectivity index (χ0v) is 20.9. The molecule has 1 heterocycles. The summed E-state index contributed by atoms with van der Waals surface area (Å²) in [4.78, 5) is 12.9. The van der Waals surface area contributed by atoms with Gasteiger partial charge in [0, 0.05) is 17.6 Å². The zero-order valence-electron chi connectivity index (χ0n) is 20.9. The lowest BCUT2D eigenvalue weighted by Crippen LogP contribution is -2.27. The van der Waals surface area contributed by atoms with Crippen LogP contribution in [0.1, 0.15) is 93.2 Å². The number of carbonyl (C=O) groups excluding carboxylic acids is 1. The summed E-state index contributed by atoms with van der Waals surface area (Å²) < 4.78 is 46.4. The number of carbonyl (C=O) groups is 1. The van der Waals surface area contributed by atoms with Gasteiger partial charge in [-0.05, 0) is 69.4 Å². The van der Waals surface area contributed by atoms with Gasteiger partial charge in [-0.25, -0.2) is 0 Å². The van der Waals surface area contributed by atoms with Crippen molar-refractivity contribution in [1.82, 2.24) is 14.8 Å². The van der Waals surface area contributed by atoms with Crippen molar-refractivity contribution in [2.45, 2.75) is 90.5 Å². The minimum absolute atomic E-state index is 0.165. The quantitative estimate of drug-likeness (QED) is 0.416. The van der Waals surface area contributed by atoms with Gasteiger partial charge in [-0.15, -0.1) is 10.2 Å². The second-order valence-electron chi connectivity index (χ2n) is 10.7. The van der Waals surface area contributed by atoms with E-state index in [0.717, 1.165) is 49.1 Å². The third kappa shape index (κ3) is 6.63. The number of rotatable bonds is 10. The average molecular weight is 493 g/mol. The van der Waals surface area contributed by atoms with Crippen LogP contribution < -0.4 is 5.32 Å². The molecule has 0 bridgehead atoms. The Morgan fingerprint density at radius 1 is 1.20 bits per heavy atom. The van der Waals surface area contributed by atoms with Crippen molar-refractivity contribution in [3.63, 3.8) is 0 Å². The first-order valence-electron chi connectivity index (χ1n) is 12.5. The van der Waals surface area contributed by atoms with Gasteiger partial charge in [0.1, 0.15) is 18.5 Å². The highest BCUT2D eigenvalue weighted by Crippen LogP contribution is 2.48. The summed E-state index contributed by atoms with van der Waals surface area (Å²) in [6, 6.07) is 5.78. The number of anilines is 1. The molecule has 2 fully saturated rings. The Balaban J connectivity index is 1.53. The maximum atomic E-state index is 13.1. The number of nitrogens with one attached hydrogen (secondary N) is 1. The summed E-state index contributed by atoms with van der Waals surface area (Å²) in [7, 11) is 0. The molecule has 192 valence electrons. The van der Waals surface area contributed by atoms with Crippen LogP contribution in [0.4, 0.5) is 18.9 Å². The summed E-state index contributed by atoms with van der Waals surface area (Å²) >= 11 is 0. The van der Waals surface area contributed by atoms with Crippen LogP contribution in [-0.4, -0.2) is 33.5 Å². The normalized spacial score (nSPS) is 21.1. The first-order chi connectivity index (χ1) is 16.5. The van der Waals surface area contributed by atoms with Gasteiger partial charge in [-0.2, -0.15) is 13.2 Å². The topological polar surface area (TPSA) is 69.0 Å². The molecular formula is C26H35F3N4O2. The van der Waals surface area contributed by atoms with E-state index in [4.69, 9.17) is 4.74 Å². The lowest BCUT2D eigenvalue weighted by molar-refractivity contribution is -0.188. The van der Waals surface area contributed by atoms with Crippen molar-refractivity contribution in [2.24, 2.45) is 11.8 Å². The van der Waals surface area contributed by atoms with E-state index < -0.39 is 24.8 Å². The van der Waals surface area contributed by atoms with Crippen molar-refractivity contribution in [2.75, 3.05) is 11.9 Å². The summed E-state index contributed by atoms with van der Waals surface area (Å²) in [5, 5.41) is 11.5. The number of amides is 1. The summed E-state index contributed by atoms with van der Waals surface area (Å²) in [6.07, 6.45) is -0.841. The molecule has 0 unspecified atom stereocenters. The Hall–Kier alpha value is -2.42. The van der Waals surface area contributed by atoms with Crippen LogP contribution in [0.3, 0.4) is 0 Å². The number of ether oxygens (including phenoxy) is 1. The highest BCUT2D eigenvalue weighted by molar-refractivity contribution is 5.91. The molecule has 2 aliphatic rings. The maximum absolute atomic E-state index is 13.1. The second-order valence-corrected chi connectivity index (χ2v) is 10.7. The van der Waals surface area contributed by atoms with Crippen molar-refractivity contribution in [3.05, 3.63) is 41.0 Å². The SMILES string of the molecule is Cc1ccc(NC(=O)C[C@H](OCC(F)(F)F)c2nnc([C@H]3C[C@@H](CC(C)C)C3)n2C2CC2)c(C)c1. The number of hydrogen-bond donors (Lipinski definition) is 1. The number of aryl methyl sites for hydroxylation is 2. The van der Waals surface area contributed by atoms with Crippen molar-refractivity contribution in [1.29, 1.82) is 0 Å². The fourth-order valence-electron chi connectivity index (χ4n) is 5.07. The molecule has 2 aliphatic carbocycles. The molecule has 2 saturated carbocycles. The molecule has 4 rings (SSSR count). The minimum Gasteiger partial charge on any atom is -0.360 e. The smallest absolute Gasteiger partial charge is 0.360 e. The molecule has 0 spiro atoms. The monoisotopic (exact) mass is 492 g/mol. The van der Waals surface area contributed by atoms with E-state index in [1.54, 1.807) is 6.07 Å². The van der Waals surface area contributed by atoms with E-state index in [1.165, 1.54) is 0 Å². The van der Waals surface area contributed by atoms with Gasteiger partial charge < -0.3 is 14.6 Å². The number of aromatic nitrogens is 3. The molecule has 1 atom stereocenters. The van der Waals surface area contributed by atoms with Crippen LogP contribution in [-0.2, 0) is 9.53 Å². The fourth-order valence-corrected chi connectivity index (χ4v) is 5.07. The van der Waals surface area contributed by atoms with Crippen molar-refractivity contribution < 1.29 is 22.7 Å². The molecule has 9 heteroatoms. The third-order valence-electron chi connectivity index (χ3n) is 6.83. The molecule has 2 aromatic rings. The van der Waals surface area contributed by atoms with Gasteiger partial charge in [-0.3, -0.25) is 4.79 Å². The first-order valence-corrected chi connectivity index (χ1v) is 12.5. The highest BCUT2D eigenvalue weighted by atomic mass is 19.4. The Kier molecular flexibility index (Phi) is 7.54. The molecular weight excluding hydrogens is 457 g/mol. The van der Waals surface area contributed by atoms with E-state index in [-0.39, 0.29) is 18.4 Å². The highest BCUT2D eigenvalue weighted by Gasteiger charge is 2.40. The van der Waals surface area contributed by atoms with E-state index in [1.807, 2.05) is 30.5 Å². The van der Waals surface area contributed by atoms with Crippen molar-refractivity contribution in [3.8, 4) is 0 Å². The summed E-state index contributed by atoms with van der Waals surface area (Å²) in [6.45, 7) is 6.81. The second kappa shape index (κ2) is 10.3. The Labute approximate surface area is 204 Å². The van der Waals surface area contributed by atoms with Crippen LogP contribution in [0.2, 0.25) is 0 Å². The average Bonchev–Trinajstić information content (AvgIpc) is 3.48. The van der Waals surface area contributed by atoms with E-state index in [0.29, 0.717) is 23.3 Å². The molecule has 1 amide bonds. The molecule has 6 nitrogen and oxygen atoms in total. The third-order valence-corrected chi connectivity index (χ3v) is 6.83. The van der Waals surface area contributed by atoms with E-state index in [2.05, 4.69) is 29.4 Å². The van der Waals surface area contributed by atoms with Crippen LogP contribution in [0.15, 0.2) is 18.2 Å². The van der Waals surface area contributed by atoms with Crippen LogP contribution in [0.5, 0.6) is 0 Å². The number of hydrogen-bond acceptors (Lipinski definition) is 4. The van der Waals surface area contributed by atoms with Gasteiger partial charge >= 0.3 is 6.18 Å². The Morgan fingerprint density at radius 3 is 2.51 bits per heavy atom.